The predicted molar refractivity (Wildman–Crippen MR) is 66.9 cm³/mol. The first-order chi connectivity index (χ1) is 8.34. The molecule has 0 aliphatic carbocycles. The Morgan fingerprint density at radius 3 is 2.67 bits per heavy atom. The molecule has 0 radical (unpaired) electrons. The molecule has 100 valence electrons. The first-order valence-corrected chi connectivity index (χ1v) is 6.95. The van der Waals surface area contributed by atoms with Crippen molar-refractivity contribution in [2.24, 2.45) is 0 Å². The number of carbonyl (C=O) groups is 1. The number of nitrogens with one attached hydrogen (secondary N) is 1. The van der Waals surface area contributed by atoms with E-state index in [4.69, 9.17) is 0 Å². The van der Waals surface area contributed by atoms with Crippen LogP contribution in [0.25, 0.3) is 0 Å². The Morgan fingerprint density at radius 2 is 2.11 bits per heavy atom. The normalized spacial score (nSPS) is 11.0. The SMILES string of the molecule is CCOC(=O)CS(=O)(=O)Nc1ccc(O)c(C)c1. The summed E-state index contributed by atoms with van der Waals surface area (Å²) in [6.45, 7) is 3.37. The van der Waals surface area contributed by atoms with Gasteiger partial charge in [0.15, 0.2) is 5.75 Å². The number of phenols is 1. The summed E-state index contributed by atoms with van der Waals surface area (Å²) < 4.78 is 30.0. The molecule has 0 spiro atoms. The third-order valence-corrected chi connectivity index (χ3v) is 3.25. The van der Waals surface area contributed by atoms with Crippen LogP contribution in [0.3, 0.4) is 0 Å². The minimum Gasteiger partial charge on any atom is -0.508 e. The molecule has 0 aliphatic heterocycles. The fourth-order valence-electron chi connectivity index (χ4n) is 1.29. The highest BCUT2D eigenvalue weighted by Gasteiger charge is 2.17. The van der Waals surface area contributed by atoms with E-state index >= 15 is 0 Å². The van der Waals surface area contributed by atoms with Crippen LogP contribution in [0.4, 0.5) is 5.69 Å². The Balaban J connectivity index is 2.76. The highest BCUT2D eigenvalue weighted by molar-refractivity contribution is 7.93. The molecule has 18 heavy (non-hydrogen) atoms. The van der Waals surface area contributed by atoms with Gasteiger partial charge in [0.2, 0.25) is 10.0 Å². The van der Waals surface area contributed by atoms with E-state index in [9.17, 15) is 18.3 Å². The number of carbonyl (C=O) groups excluding carboxylic acids is 1. The summed E-state index contributed by atoms with van der Waals surface area (Å²) in [5.41, 5.74) is 0.820. The monoisotopic (exact) mass is 273 g/mol. The van der Waals surface area contributed by atoms with Crippen molar-refractivity contribution in [2.75, 3.05) is 17.1 Å². The smallest absolute Gasteiger partial charge is 0.323 e. The van der Waals surface area contributed by atoms with Crippen molar-refractivity contribution in [1.29, 1.82) is 0 Å². The number of hydrogen-bond donors (Lipinski definition) is 2. The molecule has 0 unspecified atom stereocenters. The lowest BCUT2D eigenvalue weighted by Crippen LogP contribution is -2.24. The van der Waals surface area contributed by atoms with Gasteiger partial charge >= 0.3 is 5.97 Å². The van der Waals surface area contributed by atoms with Crippen LogP contribution in [0, 0.1) is 6.92 Å². The molecule has 0 bridgehead atoms. The summed E-state index contributed by atoms with van der Waals surface area (Å²) in [6, 6.07) is 4.25. The van der Waals surface area contributed by atoms with Crippen LogP contribution in [0.5, 0.6) is 5.75 Å². The average molecular weight is 273 g/mol. The number of aryl methyl sites for hydroxylation is 1. The molecular weight excluding hydrogens is 258 g/mol. The third kappa shape index (κ3) is 4.25. The van der Waals surface area contributed by atoms with Crippen molar-refractivity contribution in [3.63, 3.8) is 0 Å². The van der Waals surface area contributed by atoms with Gasteiger partial charge in [-0.2, -0.15) is 0 Å². The number of ether oxygens (including phenoxy) is 1. The van der Waals surface area contributed by atoms with Crippen LogP contribution in [0.2, 0.25) is 0 Å². The van der Waals surface area contributed by atoms with Crippen LogP contribution in [-0.2, 0) is 19.6 Å². The third-order valence-electron chi connectivity index (χ3n) is 2.08. The molecule has 7 heteroatoms. The Kier molecular flexibility index (Phi) is 4.55. The van der Waals surface area contributed by atoms with E-state index in [-0.39, 0.29) is 18.0 Å². The van der Waals surface area contributed by atoms with Gasteiger partial charge in [-0.1, -0.05) is 0 Å². The highest BCUT2D eigenvalue weighted by Crippen LogP contribution is 2.20. The molecule has 1 aromatic carbocycles. The Morgan fingerprint density at radius 1 is 1.44 bits per heavy atom. The van der Waals surface area contributed by atoms with E-state index in [0.717, 1.165) is 0 Å². The van der Waals surface area contributed by atoms with Gasteiger partial charge in [0.1, 0.15) is 5.75 Å². The zero-order chi connectivity index (χ0) is 13.8. The number of hydrogen-bond acceptors (Lipinski definition) is 5. The van der Waals surface area contributed by atoms with Crippen LogP contribution in [-0.4, -0.2) is 31.9 Å². The van der Waals surface area contributed by atoms with Crippen molar-refractivity contribution in [3.05, 3.63) is 23.8 Å². The maximum atomic E-state index is 11.6. The first kappa shape index (κ1) is 14.3. The number of esters is 1. The molecule has 0 fully saturated rings. The number of sulfonamides is 1. The van der Waals surface area contributed by atoms with Gasteiger partial charge in [0.05, 0.1) is 6.61 Å². The van der Waals surface area contributed by atoms with E-state index in [2.05, 4.69) is 9.46 Å². The minimum atomic E-state index is -3.79. The number of anilines is 1. The summed E-state index contributed by atoms with van der Waals surface area (Å²) in [7, 11) is -3.79. The number of phenolic OH excluding ortho intramolecular Hbond substituents is 1. The molecule has 6 nitrogen and oxygen atoms in total. The van der Waals surface area contributed by atoms with Gasteiger partial charge < -0.3 is 9.84 Å². The second kappa shape index (κ2) is 5.72. The molecule has 0 saturated heterocycles. The lowest BCUT2D eigenvalue weighted by Gasteiger charge is -2.08. The van der Waals surface area contributed by atoms with Crippen molar-refractivity contribution in [3.8, 4) is 5.75 Å². The van der Waals surface area contributed by atoms with Crippen LogP contribution < -0.4 is 4.72 Å². The molecule has 0 aliphatic rings. The van der Waals surface area contributed by atoms with Gasteiger partial charge in [-0.3, -0.25) is 9.52 Å². The second-order valence-electron chi connectivity index (χ2n) is 3.67. The Labute approximate surface area is 106 Å². The topological polar surface area (TPSA) is 92.7 Å². The van der Waals surface area contributed by atoms with Gasteiger partial charge in [0.25, 0.3) is 0 Å². The maximum absolute atomic E-state index is 11.6. The first-order valence-electron chi connectivity index (χ1n) is 5.30. The number of rotatable bonds is 5. The molecule has 0 heterocycles. The Bertz CT molecular complexity index is 538. The summed E-state index contributed by atoms with van der Waals surface area (Å²) in [4.78, 5) is 11.1. The summed E-state index contributed by atoms with van der Waals surface area (Å²) in [5.74, 6) is -1.47. The number of aromatic hydroxyl groups is 1. The van der Waals surface area contributed by atoms with Crippen LogP contribution >= 0.6 is 0 Å². The standard InChI is InChI=1S/C11H15NO5S/c1-3-17-11(14)7-18(15,16)12-9-4-5-10(13)8(2)6-9/h4-6,12-13H,3,7H2,1-2H3. The zero-order valence-electron chi connectivity index (χ0n) is 10.1. The molecule has 1 rings (SSSR count). The lowest BCUT2D eigenvalue weighted by atomic mass is 10.2. The van der Waals surface area contributed by atoms with E-state index in [1.54, 1.807) is 13.8 Å². The van der Waals surface area contributed by atoms with Crippen LogP contribution in [0.15, 0.2) is 18.2 Å². The van der Waals surface area contributed by atoms with E-state index in [1.807, 2.05) is 0 Å². The number of benzene rings is 1. The fraction of sp³-hybridized carbons (Fsp3) is 0.364. The highest BCUT2D eigenvalue weighted by atomic mass is 32.2. The Hall–Kier alpha value is -1.76. The molecule has 2 N–H and O–H groups in total. The summed E-state index contributed by atoms with van der Waals surface area (Å²) in [5, 5.41) is 9.31. The average Bonchev–Trinajstić information content (AvgIpc) is 2.22. The van der Waals surface area contributed by atoms with E-state index in [0.29, 0.717) is 5.56 Å². The van der Waals surface area contributed by atoms with Gasteiger partial charge in [-0.15, -0.1) is 0 Å². The molecule has 0 atom stereocenters. The predicted octanol–water partition coefficient (Wildman–Crippen LogP) is 1.01. The largest absolute Gasteiger partial charge is 0.508 e. The molecule has 0 saturated carbocycles. The maximum Gasteiger partial charge on any atom is 0.323 e. The zero-order valence-corrected chi connectivity index (χ0v) is 11.0. The van der Waals surface area contributed by atoms with Crippen LogP contribution in [0.1, 0.15) is 12.5 Å². The quantitative estimate of drug-likeness (QED) is 0.617. The van der Waals surface area contributed by atoms with E-state index in [1.165, 1.54) is 18.2 Å². The second-order valence-corrected chi connectivity index (χ2v) is 5.39. The van der Waals surface area contributed by atoms with Crippen molar-refractivity contribution in [2.45, 2.75) is 13.8 Å². The fourth-order valence-corrected chi connectivity index (χ4v) is 2.24. The summed E-state index contributed by atoms with van der Waals surface area (Å²) in [6.07, 6.45) is 0. The minimum absolute atomic E-state index is 0.0725. The molecule has 0 amide bonds. The lowest BCUT2D eigenvalue weighted by molar-refractivity contribution is -0.139. The van der Waals surface area contributed by atoms with Gasteiger partial charge in [-0.05, 0) is 37.6 Å². The van der Waals surface area contributed by atoms with Crippen molar-refractivity contribution >= 4 is 21.7 Å². The molecule has 1 aromatic rings. The van der Waals surface area contributed by atoms with Gasteiger partial charge in [0, 0.05) is 5.69 Å². The van der Waals surface area contributed by atoms with Gasteiger partial charge in [-0.25, -0.2) is 8.42 Å². The van der Waals surface area contributed by atoms with Crippen molar-refractivity contribution < 1.29 is 23.1 Å². The molecule has 0 aromatic heterocycles. The molecular formula is C11H15NO5S. The van der Waals surface area contributed by atoms with Crippen molar-refractivity contribution in [1.82, 2.24) is 0 Å². The summed E-state index contributed by atoms with van der Waals surface area (Å²) >= 11 is 0. The van der Waals surface area contributed by atoms with E-state index < -0.39 is 21.7 Å².